The van der Waals surface area contributed by atoms with Gasteiger partial charge in [-0.05, 0) is 44.0 Å². The Morgan fingerprint density at radius 2 is 2.06 bits per heavy atom. The van der Waals surface area contributed by atoms with Crippen LogP contribution in [0.4, 0.5) is 5.69 Å². The van der Waals surface area contributed by atoms with Gasteiger partial charge in [-0.3, -0.25) is 0 Å². The van der Waals surface area contributed by atoms with Crippen LogP contribution in [0.1, 0.15) is 19.4 Å². The van der Waals surface area contributed by atoms with Crippen molar-refractivity contribution in [2.24, 2.45) is 5.92 Å². The van der Waals surface area contributed by atoms with Gasteiger partial charge in [-0.1, -0.05) is 13.0 Å². The molecule has 2 rings (SSSR count). The molecule has 0 amide bonds. The van der Waals surface area contributed by atoms with Crippen molar-refractivity contribution in [1.29, 1.82) is 0 Å². The lowest BCUT2D eigenvalue weighted by Crippen LogP contribution is -2.35. The van der Waals surface area contributed by atoms with Gasteiger partial charge in [0.25, 0.3) is 0 Å². The molecule has 0 aliphatic carbocycles. The molecular weight excluding hydrogens is 224 g/mol. The Balaban J connectivity index is 2.30. The predicted octanol–water partition coefficient (Wildman–Crippen LogP) is 2.44. The van der Waals surface area contributed by atoms with Crippen LogP contribution in [-0.2, 0) is 0 Å². The van der Waals surface area contributed by atoms with E-state index in [1.807, 2.05) is 0 Å². The maximum absolute atomic E-state index is 5.50. The summed E-state index contributed by atoms with van der Waals surface area (Å²) in [6.07, 6.45) is 0. The molecule has 1 aliphatic heterocycles. The Bertz CT molecular complexity index is 393. The van der Waals surface area contributed by atoms with E-state index < -0.39 is 0 Å². The van der Waals surface area contributed by atoms with E-state index in [-0.39, 0.29) is 0 Å². The molecule has 1 aromatic rings. The summed E-state index contributed by atoms with van der Waals surface area (Å²) in [4.78, 5) is 2.45. The molecule has 1 saturated heterocycles. The number of benzene rings is 1. The minimum Gasteiger partial charge on any atom is -0.495 e. The first-order valence-electron chi connectivity index (χ1n) is 6.73. The van der Waals surface area contributed by atoms with Gasteiger partial charge in [0.1, 0.15) is 5.75 Å². The van der Waals surface area contributed by atoms with Gasteiger partial charge in [-0.25, -0.2) is 0 Å². The lowest BCUT2D eigenvalue weighted by atomic mass is 10.1. The van der Waals surface area contributed by atoms with Crippen molar-refractivity contribution in [3.05, 3.63) is 23.8 Å². The van der Waals surface area contributed by atoms with Crippen molar-refractivity contribution in [1.82, 2.24) is 5.32 Å². The number of ether oxygens (including phenoxy) is 1. The number of nitrogens with one attached hydrogen (secondary N) is 1. The topological polar surface area (TPSA) is 24.5 Å². The molecule has 1 aliphatic rings. The summed E-state index contributed by atoms with van der Waals surface area (Å²) in [6.45, 7) is 9.87. The van der Waals surface area contributed by atoms with E-state index in [4.69, 9.17) is 4.74 Å². The molecule has 1 N–H and O–H groups in total. The van der Waals surface area contributed by atoms with E-state index in [1.54, 1.807) is 7.11 Å². The highest BCUT2D eigenvalue weighted by Crippen LogP contribution is 2.30. The van der Waals surface area contributed by atoms with Crippen LogP contribution in [0, 0.1) is 12.8 Å². The van der Waals surface area contributed by atoms with E-state index in [0.29, 0.717) is 12.0 Å². The van der Waals surface area contributed by atoms with Gasteiger partial charge in [-0.15, -0.1) is 0 Å². The minimum absolute atomic E-state index is 0.514. The van der Waals surface area contributed by atoms with Crippen molar-refractivity contribution in [2.75, 3.05) is 31.6 Å². The van der Waals surface area contributed by atoms with E-state index in [2.05, 4.69) is 49.2 Å². The van der Waals surface area contributed by atoms with E-state index >= 15 is 0 Å². The number of nitrogens with zero attached hydrogens (tertiary/aromatic N) is 1. The van der Waals surface area contributed by atoms with Gasteiger partial charge in [-0.2, -0.15) is 0 Å². The summed E-state index contributed by atoms with van der Waals surface area (Å²) in [6, 6.07) is 6.91. The lowest BCUT2D eigenvalue weighted by Gasteiger charge is -2.28. The molecule has 0 bridgehead atoms. The number of aryl methyl sites for hydroxylation is 1. The average molecular weight is 248 g/mol. The fourth-order valence-electron chi connectivity index (χ4n) is 2.56. The first-order valence-corrected chi connectivity index (χ1v) is 6.73. The van der Waals surface area contributed by atoms with Crippen LogP contribution in [0.15, 0.2) is 18.2 Å². The van der Waals surface area contributed by atoms with Crippen molar-refractivity contribution in [2.45, 2.75) is 26.8 Å². The standard InChI is InChI=1S/C15H24N2O/c1-11-5-6-15(18-4)14(7-11)17-9-12(2)8-16-13(3)10-17/h5-7,12-13,16H,8-10H2,1-4H3. The zero-order valence-electron chi connectivity index (χ0n) is 11.9. The molecule has 1 fully saturated rings. The first-order chi connectivity index (χ1) is 8.60. The summed E-state index contributed by atoms with van der Waals surface area (Å²) in [5.41, 5.74) is 2.50. The van der Waals surface area contributed by atoms with Crippen molar-refractivity contribution < 1.29 is 4.74 Å². The Kier molecular flexibility index (Phi) is 4.12. The van der Waals surface area contributed by atoms with Crippen LogP contribution in [0.2, 0.25) is 0 Å². The fourth-order valence-corrected chi connectivity index (χ4v) is 2.56. The highest BCUT2D eigenvalue weighted by atomic mass is 16.5. The number of hydrogen-bond donors (Lipinski definition) is 1. The van der Waals surface area contributed by atoms with Crippen molar-refractivity contribution >= 4 is 5.69 Å². The molecule has 0 spiro atoms. The third-order valence-electron chi connectivity index (χ3n) is 3.52. The second kappa shape index (κ2) is 5.61. The molecular formula is C15H24N2O. The Morgan fingerprint density at radius 1 is 1.28 bits per heavy atom. The van der Waals surface area contributed by atoms with Gasteiger partial charge in [0.05, 0.1) is 12.8 Å². The summed E-state index contributed by atoms with van der Waals surface area (Å²) in [5, 5.41) is 3.56. The average Bonchev–Trinajstić information content (AvgIpc) is 2.51. The molecule has 1 heterocycles. The fraction of sp³-hybridized carbons (Fsp3) is 0.600. The maximum atomic E-state index is 5.50. The van der Waals surface area contributed by atoms with Gasteiger partial charge in [0.15, 0.2) is 0 Å². The number of hydrogen-bond acceptors (Lipinski definition) is 3. The third kappa shape index (κ3) is 2.96. The Hall–Kier alpha value is -1.22. The summed E-state index contributed by atoms with van der Waals surface area (Å²) in [5.74, 6) is 1.63. The molecule has 0 aromatic heterocycles. The maximum Gasteiger partial charge on any atom is 0.142 e. The molecule has 3 nitrogen and oxygen atoms in total. The van der Waals surface area contributed by atoms with Gasteiger partial charge in [0, 0.05) is 19.1 Å². The zero-order valence-corrected chi connectivity index (χ0v) is 11.9. The molecule has 0 radical (unpaired) electrons. The van der Waals surface area contributed by atoms with Crippen LogP contribution >= 0.6 is 0 Å². The SMILES string of the molecule is COc1ccc(C)cc1N1CC(C)CNC(C)C1. The smallest absolute Gasteiger partial charge is 0.142 e. The first kappa shape index (κ1) is 13.2. The normalized spacial score (nSPS) is 24.8. The van der Waals surface area contributed by atoms with E-state index in [1.165, 1.54) is 11.3 Å². The number of rotatable bonds is 2. The van der Waals surface area contributed by atoms with Crippen LogP contribution in [-0.4, -0.2) is 32.8 Å². The Morgan fingerprint density at radius 3 is 2.78 bits per heavy atom. The predicted molar refractivity (Wildman–Crippen MR) is 76.6 cm³/mol. The lowest BCUT2D eigenvalue weighted by molar-refractivity contribution is 0.413. The van der Waals surface area contributed by atoms with Gasteiger partial charge < -0.3 is 15.0 Å². The van der Waals surface area contributed by atoms with Crippen molar-refractivity contribution in [3.63, 3.8) is 0 Å². The van der Waals surface area contributed by atoms with E-state index in [0.717, 1.165) is 25.4 Å². The molecule has 2 unspecified atom stereocenters. The largest absolute Gasteiger partial charge is 0.495 e. The number of methoxy groups -OCH3 is 1. The highest BCUT2D eigenvalue weighted by Gasteiger charge is 2.21. The van der Waals surface area contributed by atoms with Crippen LogP contribution < -0.4 is 15.0 Å². The number of anilines is 1. The molecule has 18 heavy (non-hydrogen) atoms. The second-order valence-electron chi connectivity index (χ2n) is 5.49. The molecule has 100 valence electrons. The van der Waals surface area contributed by atoms with Gasteiger partial charge in [0.2, 0.25) is 0 Å². The molecule has 0 saturated carbocycles. The van der Waals surface area contributed by atoms with Crippen LogP contribution in [0.5, 0.6) is 5.75 Å². The van der Waals surface area contributed by atoms with Crippen molar-refractivity contribution in [3.8, 4) is 5.75 Å². The van der Waals surface area contributed by atoms with E-state index in [9.17, 15) is 0 Å². The third-order valence-corrected chi connectivity index (χ3v) is 3.52. The summed E-state index contributed by atoms with van der Waals surface area (Å²) >= 11 is 0. The molecule has 3 heteroatoms. The minimum atomic E-state index is 0.514. The Labute approximate surface area is 110 Å². The second-order valence-corrected chi connectivity index (χ2v) is 5.49. The zero-order chi connectivity index (χ0) is 13.1. The monoisotopic (exact) mass is 248 g/mol. The summed E-state index contributed by atoms with van der Waals surface area (Å²) < 4.78 is 5.50. The van der Waals surface area contributed by atoms with Gasteiger partial charge >= 0.3 is 0 Å². The van der Waals surface area contributed by atoms with Crippen LogP contribution in [0.3, 0.4) is 0 Å². The summed E-state index contributed by atoms with van der Waals surface area (Å²) in [7, 11) is 1.75. The molecule has 1 aromatic carbocycles. The highest BCUT2D eigenvalue weighted by molar-refractivity contribution is 5.60. The van der Waals surface area contributed by atoms with Crippen LogP contribution in [0.25, 0.3) is 0 Å². The quantitative estimate of drug-likeness (QED) is 0.870. The molecule has 2 atom stereocenters.